The summed E-state index contributed by atoms with van der Waals surface area (Å²) in [4.78, 5) is 10.5. The molecule has 2 N–H and O–H groups in total. The van der Waals surface area contributed by atoms with Gasteiger partial charge in [0.25, 0.3) is 0 Å². The van der Waals surface area contributed by atoms with Gasteiger partial charge in [-0.15, -0.1) is 0 Å². The van der Waals surface area contributed by atoms with Gasteiger partial charge in [-0.25, -0.2) is 0 Å². The first kappa shape index (κ1) is 13.3. The molecule has 1 rings (SSSR count). The summed E-state index contributed by atoms with van der Waals surface area (Å²) in [5.74, 6) is -4.28. The van der Waals surface area contributed by atoms with Gasteiger partial charge in [0.05, 0.1) is 0 Å². The molecule has 0 aliphatic rings. The van der Waals surface area contributed by atoms with Crippen molar-refractivity contribution in [2.45, 2.75) is 13.1 Å². The zero-order valence-corrected chi connectivity index (χ0v) is 9.08. The summed E-state index contributed by atoms with van der Waals surface area (Å²) in [7, 11) is 0. The van der Waals surface area contributed by atoms with Gasteiger partial charge >= 0.3 is 12.1 Å². The largest absolute Gasteiger partial charge is 0.481 e. The van der Waals surface area contributed by atoms with Crippen LogP contribution in [-0.4, -0.2) is 23.8 Å². The summed E-state index contributed by atoms with van der Waals surface area (Å²) < 4.78 is 37.0. The van der Waals surface area contributed by atoms with Crippen LogP contribution in [0.2, 0.25) is 0 Å². The predicted octanol–water partition coefficient (Wildman–Crippen LogP) is 2.67. The van der Waals surface area contributed by atoms with Gasteiger partial charge in [0.2, 0.25) is 0 Å². The Morgan fingerprint density at radius 3 is 2.29 bits per heavy atom. The van der Waals surface area contributed by atoms with Crippen LogP contribution in [0.25, 0.3) is 0 Å². The van der Waals surface area contributed by atoms with Crippen LogP contribution in [0.15, 0.2) is 24.3 Å². The Morgan fingerprint density at radius 2 is 1.88 bits per heavy atom. The summed E-state index contributed by atoms with van der Waals surface area (Å²) in [6, 6.07) is 6.66. The molecule has 0 aliphatic heterocycles. The molecule has 0 saturated heterocycles. The molecule has 1 aromatic carbocycles. The van der Waals surface area contributed by atoms with Gasteiger partial charge in [0, 0.05) is 12.2 Å². The number of hydrogen-bond donors (Lipinski definition) is 2. The van der Waals surface area contributed by atoms with Crippen molar-refractivity contribution in [2.24, 2.45) is 5.92 Å². The topological polar surface area (TPSA) is 49.3 Å². The summed E-state index contributed by atoms with van der Waals surface area (Å²) in [5, 5.41) is 10.9. The van der Waals surface area contributed by atoms with E-state index < -0.39 is 24.6 Å². The lowest BCUT2D eigenvalue weighted by Crippen LogP contribution is -2.36. The quantitative estimate of drug-likeness (QED) is 0.860. The summed E-state index contributed by atoms with van der Waals surface area (Å²) >= 11 is 0. The van der Waals surface area contributed by atoms with Crippen molar-refractivity contribution >= 4 is 11.7 Å². The van der Waals surface area contributed by atoms with Crippen LogP contribution in [0, 0.1) is 12.8 Å². The Balaban J connectivity index is 2.65. The fourth-order valence-electron chi connectivity index (χ4n) is 1.23. The predicted molar refractivity (Wildman–Crippen MR) is 56.8 cm³/mol. The molecule has 1 aromatic rings. The molecule has 94 valence electrons. The van der Waals surface area contributed by atoms with E-state index >= 15 is 0 Å². The molecular weight excluding hydrogens is 235 g/mol. The third-order valence-corrected chi connectivity index (χ3v) is 2.26. The number of alkyl halides is 3. The number of anilines is 1. The molecule has 0 aliphatic carbocycles. The number of nitrogens with one attached hydrogen (secondary N) is 1. The lowest BCUT2D eigenvalue weighted by Gasteiger charge is -2.17. The first-order valence-corrected chi connectivity index (χ1v) is 4.91. The highest BCUT2D eigenvalue weighted by atomic mass is 19.4. The molecular formula is C11H12F3NO2. The Morgan fingerprint density at radius 1 is 1.35 bits per heavy atom. The lowest BCUT2D eigenvalue weighted by atomic mass is 10.1. The van der Waals surface area contributed by atoms with Crippen molar-refractivity contribution in [1.82, 2.24) is 0 Å². The maximum absolute atomic E-state index is 12.3. The summed E-state index contributed by atoms with van der Waals surface area (Å²) in [6.45, 7) is 1.17. The minimum atomic E-state index is -4.75. The van der Waals surface area contributed by atoms with Gasteiger partial charge < -0.3 is 10.4 Å². The van der Waals surface area contributed by atoms with Gasteiger partial charge in [-0.05, 0) is 19.1 Å². The molecule has 0 spiro atoms. The Bertz CT molecular complexity index is 387. The van der Waals surface area contributed by atoms with Crippen molar-refractivity contribution in [2.75, 3.05) is 11.9 Å². The third kappa shape index (κ3) is 3.97. The molecule has 17 heavy (non-hydrogen) atoms. The molecule has 6 heteroatoms. The average molecular weight is 247 g/mol. The minimum absolute atomic E-state index is 0.464. The monoisotopic (exact) mass is 247 g/mol. The van der Waals surface area contributed by atoms with E-state index in [2.05, 4.69) is 5.32 Å². The SMILES string of the molecule is Cc1ccc(NCC(C(=O)O)C(F)(F)F)cc1. The normalized spacial score (nSPS) is 13.2. The number of aliphatic carboxylic acids is 1. The summed E-state index contributed by atoms with van der Waals surface area (Å²) in [6.07, 6.45) is -4.75. The van der Waals surface area contributed by atoms with Crippen molar-refractivity contribution in [3.8, 4) is 0 Å². The second-order valence-corrected chi connectivity index (χ2v) is 3.68. The first-order chi connectivity index (χ1) is 7.80. The zero-order chi connectivity index (χ0) is 13.1. The van der Waals surface area contributed by atoms with E-state index in [9.17, 15) is 18.0 Å². The van der Waals surface area contributed by atoms with E-state index in [0.29, 0.717) is 5.69 Å². The number of benzene rings is 1. The number of hydrogen-bond acceptors (Lipinski definition) is 2. The van der Waals surface area contributed by atoms with Crippen molar-refractivity contribution in [1.29, 1.82) is 0 Å². The maximum Gasteiger partial charge on any atom is 0.403 e. The van der Waals surface area contributed by atoms with E-state index in [-0.39, 0.29) is 0 Å². The number of carboxylic acids is 1. The second kappa shape index (κ2) is 5.07. The number of carboxylic acid groups (broad SMARTS) is 1. The molecule has 0 heterocycles. The smallest absolute Gasteiger partial charge is 0.403 e. The fourth-order valence-corrected chi connectivity index (χ4v) is 1.23. The van der Waals surface area contributed by atoms with Crippen molar-refractivity contribution < 1.29 is 23.1 Å². The fraction of sp³-hybridized carbons (Fsp3) is 0.364. The van der Waals surface area contributed by atoms with E-state index in [1.807, 2.05) is 6.92 Å². The number of aryl methyl sites for hydroxylation is 1. The molecule has 1 atom stereocenters. The summed E-state index contributed by atoms with van der Waals surface area (Å²) in [5.41, 5.74) is 1.44. The second-order valence-electron chi connectivity index (χ2n) is 3.68. The highest BCUT2D eigenvalue weighted by Gasteiger charge is 2.44. The van der Waals surface area contributed by atoms with Gasteiger partial charge in [-0.2, -0.15) is 13.2 Å². The molecule has 0 radical (unpaired) electrons. The van der Waals surface area contributed by atoms with Gasteiger partial charge in [-0.3, -0.25) is 4.79 Å². The van der Waals surface area contributed by atoms with Crippen LogP contribution < -0.4 is 5.32 Å². The lowest BCUT2D eigenvalue weighted by molar-refractivity contribution is -0.190. The average Bonchev–Trinajstić information content (AvgIpc) is 2.18. The molecule has 1 unspecified atom stereocenters. The molecule has 0 fully saturated rings. The first-order valence-electron chi connectivity index (χ1n) is 4.91. The van der Waals surface area contributed by atoms with Crippen LogP contribution in [0.4, 0.5) is 18.9 Å². The third-order valence-electron chi connectivity index (χ3n) is 2.26. The molecule has 0 bridgehead atoms. The van der Waals surface area contributed by atoms with Crippen LogP contribution in [-0.2, 0) is 4.79 Å². The zero-order valence-electron chi connectivity index (χ0n) is 9.08. The van der Waals surface area contributed by atoms with E-state index in [4.69, 9.17) is 5.11 Å². The Labute approximate surface area is 96.3 Å². The van der Waals surface area contributed by atoms with Gasteiger partial charge in [-0.1, -0.05) is 17.7 Å². The van der Waals surface area contributed by atoms with Crippen LogP contribution in [0.3, 0.4) is 0 Å². The Hall–Kier alpha value is -1.72. The Kier molecular flexibility index (Phi) is 3.98. The highest BCUT2D eigenvalue weighted by Crippen LogP contribution is 2.26. The molecule has 0 saturated carbocycles. The van der Waals surface area contributed by atoms with Gasteiger partial charge in [0.1, 0.15) is 0 Å². The number of carbonyl (C=O) groups is 1. The van der Waals surface area contributed by atoms with Crippen molar-refractivity contribution in [3.05, 3.63) is 29.8 Å². The van der Waals surface area contributed by atoms with E-state index in [1.54, 1.807) is 24.3 Å². The molecule has 3 nitrogen and oxygen atoms in total. The van der Waals surface area contributed by atoms with Crippen molar-refractivity contribution in [3.63, 3.8) is 0 Å². The highest BCUT2D eigenvalue weighted by molar-refractivity contribution is 5.71. The van der Waals surface area contributed by atoms with E-state index in [1.165, 1.54) is 0 Å². The number of halogens is 3. The van der Waals surface area contributed by atoms with E-state index in [0.717, 1.165) is 5.56 Å². The van der Waals surface area contributed by atoms with Gasteiger partial charge in [0.15, 0.2) is 5.92 Å². The van der Waals surface area contributed by atoms with Crippen LogP contribution in [0.1, 0.15) is 5.56 Å². The standard InChI is InChI=1S/C11H12F3NO2/c1-7-2-4-8(5-3-7)15-6-9(10(16)17)11(12,13)14/h2-5,9,15H,6H2,1H3,(H,16,17). The molecule has 0 amide bonds. The number of rotatable bonds is 4. The van der Waals surface area contributed by atoms with Crippen LogP contribution >= 0.6 is 0 Å². The molecule has 0 aromatic heterocycles. The maximum atomic E-state index is 12.3. The minimum Gasteiger partial charge on any atom is -0.481 e. The van der Waals surface area contributed by atoms with Crippen LogP contribution in [0.5, 0.6) is 0 Å².